The van der Waals surface area contributed by atoms with Crippen LogP contribution in [0, 0.1) is 10.1 Å². The lowest BCUT2D eigenvalue weighted by atomic mass is 10.1. The molecular formula is C13H11N3O4S. The number of non-ortho nitro benzene ring substituents is 1. The second kappa shape index (κ2) is 5.13. The minimum atomic E-state index is -1.22. The normalized spacial score (nSPS) is 13.0. The summed E-state index contributed by atoms with van der Waals surface area (Å²) in [6.45, 7) is 0. The number of nitrogens with one attached hydrogen (secondary N) is 1. The summed E-state index contributed by atoms with van der Waals surface area (Å²) in [6.07, 6.45) is 3.05. The van der Waals surface area contributed by atoms with Gasteiger partial charge in [0, 0.05) is 17.0 Å². The van der Waals surface area contributed by atoms with E-state index in [0.29, 0.717) is 10.8 Å². The van der Waals surface area contributed by atoms with Crippen LogP contribution < -0.4 is 5.32 Å². The number of rotatable bonds is 4. The number of nitrogens with zero attached hydrogens (tertiary/aromatic N) is 2. The van der Waals surface area contributed by atoms with Crippen LogP contribution in [0.2, 0.25) is 0 Å². The van der Waals surface area contributed by atoms with Crippen LogP contribution in [0.3, 0.4) is 0 Å². The molecule has 2 aromatic rings. The minimum Gasteiger partial charge on any atom is -0.478 e. The number of anilines is 2. The number of carboxylic acid groups (broad SMARTS) is 1. The number of nitro benzene ring substituents is 1. The third-order valence-corrected chi connectivity index (χ3v) is 4.35. The van der Waals surface area contributed by atoms with Gasteiger partial charge in [-0.1, -0.05) is 0 Å². The molecule has 1 aromatic heterocycles. The van der Waals surface area contributed by atoms with Gasteiger partial charge in [-0.2, -0.15) is 0 Å². The van der Waals surface area contributed by atoms with Crippen molar-refractivity contribution in [3.05, 3.63) is 44.4 Å². The molecule has 21 heavy (non-hydrogen) atoms. The lowest BCUT2D eigenvalue weighted by Crippen LogP contribution is -2.04. The number of aromatic nitrogens is 1. The molecular weight excluding hydrogens is 294 g/mol. The van der Waals surface area contributed by atoms with Crippen molar-refractivity contribution in [1.82, 2.24) is 4.98 Å². The van der Waals surface area contributed by atoms with Gasteiger partial charge in [0.05, 0.1) is 21.9 Å². The van der Waals surface area contributed by atoms with Crippen molar-refractivity contribution in [3.8, 4) is 0 Å². The molecule has 0 bridgehead atoms. The Labute approximate surface area is 123 Å². The highest BCUT2D eigenvalue weighted by Crippen LogP contribution is 2.33. The van der Waals surface area contributed by atoms with E-state index in [-0.39, 0.29) is 11.3 Å². The average molecular weight is 305 g/mol. The number of benzene rings is 1. The summed E-state index contributed by atoms with van der Waals surface area (Å²) in [5, 5.41) is 23.5. The van der Waals surface area contributed by atoms with E-state index in [1.54, 1.807) is 0 Å². The molecule has 1 aliphatic carbocycles. The Kier molecular flexibility index (Phi) is 3.30. The fourth-order valence-corrected chi connectivity index (χ4v) is 3.35. The molecule has 1 aromatic carbocycles. The van der Waals surface area contributed by atoms with Crippen molar-refractivity contribution in [2.24, 2.45) is 0 Å². The third kappa shape index (κ3) is 2.57. The number of hydrogen-bond donors (Lipinski definition) is 2. The smallest absolute Gasteiger partial charge is 0.338 e. The Morgan fingerprint density at radius 3 is 2.90 bits per heavy atom. The first-order valence-corrected chi connectivity index (χ1v) is 7.13. The van der Waals surface area contributed by atoms with Gasteiger partial charge in [0.25, 0.3) is 5.69 Å². The Hall–Kier alpha value is -2.48. The van der Waals surface area contributed by atoms with Gasteiger partial charge in [-0.05, 0) is 25.3 Å². The second-order valence-corrected chi connectivity index (χ2v) is 5.74. The van der Waals surface area contributed by atoms with E-state index in [2.05, 4.69) is 10.3 Å². The van der Waals surface area contributed by atoms with E-state index in [4.69, 9.17) is 0 Å². The van der Waals surface area contributed by atoms with Crippen molar-refractivity contribution in [2.45, 2.75) is 19.3 Å². The van der Waals surface area contributed by atoms with Gasteiger partial charge in [-0.15, -0.1) is 11.3 Å². The Balaban J connectivity index is 1.93. The molecule has 1 heterocycles. The Morgan fingerprint density at radius 1 is 1.43 bits per heavy atom. The number of aryl methyl sites for hydroxylation is 2. The van der Waals surface area contributed by atoms with Crippen LogP contribution in [0.15, 0.2) is 18.2 Å². The van der Waals surface area contributed by atoms with Crippen molar-refractivity contribution in [1.29, 1.82) is 0 Å². The molecule has 0 atom stereocenters. The van der Waals surface area contributed by atoms with Gasteiger partial charge in [0.15, 0.2) is 5.13 Å². The van der Waals surface area contributed by atoms with Crippen molar-refractivity contribution in [3.63, 3.8) is 0 Å². The van der Waals surface area contributed by atoms with Gasteiger partial charge in [-0.3, -0.25) is 10.1 Å². The maximum Gasteiger partial charge on any atom is 0.338 e. The van der Waals surface area contributed by atoms with Crippen molar-refractivity contribution < 1.29 is 14.8 Å². The number of fused-ring (bicyclic) bond motifs is 1. The molecule has 0 unspecified atom stereocenters. The van der Waals surface area contributed by atoms with Crippen LogP contribution in [-0.4, -0.2) is 21.0 Å². The van der Waals surface area contributed by atoms with Gasteiger partial charge < -0.3 is 10.4 Å². The molecule has 0 fully saturated rings. The van der Waals surface area contributed by atoms with Crippen molar-refractivity contribution >= 4 is 33.8 Å². The van der Waals surface area contributed by atoms with E-state index in [1.165, 1.54) is 28.3 Å². The highest BCUT2D eigenvalue weighted by Gasteiger charge is 2.20. The fourth-order valence-electron chi connectivity index (χ4n) is 2.29. The van der Waals surface area contributed by atoms with E-state index < -0.39 is 10.9 Å². The first kappa shape index (κ1) is 13.5. The lowest BCUT2D eigenvalue weighted by molar-refractivity contribution is -0.384. The van der Waals surface area contributed by atoms with Gasteiger partial charge >= 0.3 is 5.97 Å². The molecule has 2 N–H and O–H groups in total. The number of nitro groups is 1. The summed E-state index contributed by atoms with van der Waals surface area (Å²) in [4.78, 5) is 27.0. The Morgan fingerprint density at radius 2 is 2.24 bits per heavy atom. The van der Waals surface area contributed by atoms with Crippen LogP contribution >= 0.6 is 11.3 Å². The zero-order valence-corrected chi connectivity index (χ0v) is 11.6. The molecule has 0 saturated carbocycles. The van der Waals surface area contributed by atoms with Crippen LogP contribution in [-0.2, 0) is 12.8 Å². The molecule has 0 aliphatic heterocycles. The highest BCUT2D eigenvalue weighted by molar-refractivity contribution is 7.15. The Bertz CT molecular complexity index is 720. The molecule has 108 valence electrons. The maximum absolute atomic E-state index is 11.2. The fraction of sp³-hybridized carbons (Fsp3) is 0.231. The quantitative estimate of drug-likeness (QED) is 0.664. The molecule has 1 aliphatic rings. The summed E-state index contributed by atoms with van der Waals surface area (Å²) in [5.74, 6) is -1.22. The molecule has 0 saturated heterocycles. The SMILES string of the molecule is O=C(O)c1cc([N+](=O)[O-])ccc1Nc1nc2c(s1)CCC2. The number of thiazole rings is 1. The van der Waals surface area contributed by atoms with Gasteiger partial charge in [0.1, 0.15) is 0 Å². The van der Waals surface area contributed by atoms with E-state index in [9.17, 15) is 20.0 Å². The van der Waals surface area contributed by atoms with E-state index in [0.717, 1.165) is 31.0 Å². The zero-order chi connectivity index (χ0) is 15.0. The van der Waals surface area contributed by atoms with Crippen LogP contribution in [0.1, 0.15) is 27.3 Å². The van der Waals surface area contributed by atoms with E-state index in [1.807, 2.05) is 0 Å². The first-order valence-electron chi connectivity index (χ1n) is 6.32. The van der Waals surface area contributed by atoms with Crippen molar-refractivity contribution in [2.75, 3.05) is 5.32 Å². The molecule has 0 amide bonds. The average Bonchev–Trinajstić information content (AvgIpc) is 2.99. The summed E-state index contributed by atoms with van der Waals surface area (Å²) >= 11 is 1.50. The first-order chi connectivity index (χ1) is 10.0. The van der Waals surface area contributed by atoms with Crippen LogP contribution in [0.25, 0.3) is 0 Å². The predicted octanol–water partition coefficient (Wildman–Crippen LogP) is 2.98. The molecule has 3 rings (SSSR count). The number of hydrogen-bond acceptors (Lipinski definition) is 6. The lowest BCUT2D eigenvalue weighted by Gasteiger charge is -2.06. The highest BCUT2D eigenvalue weighted by atomic mass is 32.1. The maximum atomic E-state index is 11.2. The summed E-state index contributed by atoms with van der Waals surface area (Å²) < 4.78 is 0. The van der Waals surface area contributed by atoms with Crippen LogP contribution in [0.4, 0.5) is 16.5 Å². The zero-order valence-electron chi connectivity index (χ0n) is 10.8. The number of carbonyl (C=O) groups is 1. The number of carboxylic acids is 1. The summed E-state index contributed by atoms with van der Waals surface area (Å²) in [6, 6.07) is 3.72. The minimum absolute atomic E-state index is 0.139. The monoisotopic (exact) mass is 305 g/mol. The van der Waals surface area contributed by atoms with Crippen LogP contribution in [0.5, 0.6) is 0 Å². The predicted molar refractivity (Wildman–Crippen MR) is 77.5 cm³/mol. The third-order valence-electron chi connectivity index (χ3n) is 3.28. The number of aromatic carboxylic acids is 1. The molecule has 0 radical (unpaired) electrons. The standard InChI is InChI=1S/C13H11N3O4S/c17-12(18)8-6-7(16(19)20)4-5-9(8)14-13-15-10-2-1-3-11(10)21-13/h4-6H,1-3H2,(H,14,15)(H,17,18). The second-order valence-electron chi connectivity index (χ2n) is 4.66. The van der Waals surface area contributed by atoms with Gasteiger partial charge in [0.2, 0.25) is 0 Å². The molecule has 8 heteroatoms. The summed E-state index contributed by atoms with van der Waals surface area (Å²) in [5.41, 5.74) is 0.973. The molecule has 0 spiro atoms. The largest absolute Gasteiger partial charge is 0.478 e. The van der Waals surface area contributed by atoms with Gasteiger partial charge in [-0.25, -0.2) is 9.78 Å². The summed E-state index contributed by atoms with van der Waals surface area (Å²) in [7, 11) is 0. The topological polar surface area (TPSA) is 105 Å². The molecule has 7 nitrogen and oxygen atoms in total. The van der Waals surface area contributed by atoms with E-state index >= 15 is 0 Å².